The molecule has 29 heavy (non-hydrogen) atoms. The van der Waals surface area contributed by atoms with E-state index >= 15 is 0 Å². The summed E-state index contributed by atoms with van der Waals surface area (Å²) in [4.78, 5) is 21.2. The summed E-state index contributed by atoms with van der Waals surface area (Å²) in [6.45, 7) is 8.99. The van der Waals surface area contributed by atoms with Crippen molar-refractivity contribution in [2.45, 2.75) is 65.5 Å². The van der Waals surface area contributed by atoms with Crippen molar-refractivity contribution < 1.29 is 9.53 Å². The summed E-state index contributed by atoms with van der Waals surface area (Å²) >= 11 is 0. The number of aryl methyl sites for hydroxylation is 2. The number of benzene rings is 1. The number of unbranched alkanes of at least 4 members (excludes halogenated alkanes) is 1. The van der Waals surface area contributed by atoms with Crippen molar-refractivity contribution in [3.05, 3.63) is 30.1 Å². The van der Waals surface area contributed by atoms with E-state index in [2.05, 4.69) is 27.9 Å². The van der Waals surface area contributed by atoms with Gasteiger partial charge in [-0.05, 0) is 39.7 Å². The van der Waals surface area contributed by atoms with E-state index in [4.69, 9.17) is 15.5 Å². The van der Waals surface area contributed by atoms with Gasteiger partial charge >= 0.3 is 6.09 Å². The van der Waals surface area contributed by atoms with Crippen molar-refractivity contribution in [3.63, 3.8) is 0 Å². The molecule has 0 aliphatic heterocycles. The van der Waals surface area contributed by atoms with Crippen LogP contribution in [0.4, 0.5) is 10.6 Å². The minimum atomic E-state index is -0.391. The van der Waals surface area contributed by atoms with Crippen LogP contribution in [0.1, 0.15) is 52.8 Å². The predicted molar refractivity (Wildman–Crippen MR) is 117 cm³/mol. The fourth-order valence-electron chi connectivity index (χ4n) is 3.40. The normalized spacial score (nSPS) is 11.9. The number of carbonyl (C=O) groups excluding carboxylic acids is 1. The number of nitrogens with one attached hydrogen (secondary N) is 1. The highest BCUT2D eigenvalue weighted by Gasteiger charge is 2.18. The van der Waals surface area contributed by atoms with Gasteiger partial charge in [-0.3, -0.25) is 0 Å². The van der Waals surface area contributed by atoms with Crippen LogP contribution in [0, 0.1) is 0 Å². The van der Waals surface area contributed by atoms with Gasteiger partial charge in [-0.1, -0.05) is 31.5 Å². The van der Waals surface area contributed by atoms with Crippen LogP contribution >= 0.6 is 0 Å². The van der Waals surface area contributed by atoms with E-state index in [1.807, 2.05) is 39.0 Å². The van der Waals surface area contributed by atoms with E-state index in [0.29, 0.717) is 25.4 Å². The molecule has 3 aromatic rings. The van der Waals surface area contributed by atoms with Gasteiger partial charge in [-0.15, -0.1) is 0 Å². The molecule has 2 heterocycles. The molecule has 0 radical (unpaired) electrons. The van der Waals surface area contributed by atoms with E-state index in [0.717, 1.165) is 47.0 Å². The highest BCUT2D eigenvalue weighted by molar-refractivity contribution is 6.06. The SMILES string of the molecule is CCCCc1nc2c(N)nc3ccccc3c2n1CCCOC(=O)NC(C)(C)C. The quantitative estimate of drug-likeness (QED) is 0.575. The third-order valence-corrected chi connectivity index (χ3v) is 4.68. The molecule has 0 unspecified atom stereocenters. The first-order chi connectivity index (χ1) is 13.8. The Hall–Kier alpha value is -2.83. The summed E-state index contributed by atoms with van der Waals surface area (Å²) in [5, 5.41) is 3.85. The van der Waals surface area contributed by atoms with Gasteiger partial charge in [0, 0.05) is 23.9 Å². The van der Waals surface area contributed by atoms with Crippen LogP contribution in [0.3, 0.4) is 0 Å². The molecular weight excluding hydrogens is 366 g/mol. The molecule has 156 valence electrons. The Morgan fingerprint density at radius 1 is 1.21 bits per heavy atom. The number of nitrogens with two attached hydrogens (primary N) is 1. The van der Waals surface area contributed by atoms with Gasteiger partial charge in [-0.2, -0.15) is 0 Å². The molecule has 0 aliphatic rings. The Morgan fingerprint density at radius 3 is 2.69 bits per heavy atom. The molecule has 0 bridgehead atoms. The van der Waals surface area contributed by atoms with Crippen molar-refractivity contribution in [2.75, 3.05) is 12.3 Å². The number of pyridine rings is 1. The van der Waals surface area contributed by atoms with Crippen LogP contribution in [0.2, 0.25) is 0 Å². The summed E-state index contributed by atoms with van der Waals surface area (Å²) < 4.78 is 7.56. The zero-order valence-corrected chi connectivity index (χ0v) is 17.8. The molecule has 7 heteroatoms. The van der Waals surface area contributed by atoms with Crippen molar-refractivity contribution in [1.29, 1.82) is 0 Å². The monoisotopic (exact) mass is 397 g/mol. The lowest BCUT2D eigenvalue weighted by molar-refractivity contribution is 0.135. The number of para-hydroxylation sites is 1. The average molecular weight is 398 g/mol. The van der Waals surface area contributed by atoms with Crippen LogP contribution in [0.25, 0.3) is 21.9 Å². The van der Waals surface area contributed by atoms with E-state index in [1.165, 1.54) is 0 Å². The molecule has 0 aliphatic carbocycles. The molecule has 0 saturated heterocycles. The van der Waals surface area contributed by atoms with Gasteiger partial charge in [0.15, 0.2) is 5.82 Å². The number of alkyl carbamates (subject to hydrolysis) is 1. The molecule has 3 N–H and O–H groups in total. The second-order valence-corrected chi connectivity index (χ2v) is 8.36. The minimum Gasteiger partial charge on any atom is -0.449 e. The molecule has 0 atom stereocenters. The fraction of sp³-hybridized carbons (Fsp3) is 0.500. The smallest absolute Gasteiger partial charge is 0.407 e. The maximum Gasteiger partial charge on any atom is 0.407 e. The van der Waals surface area contributed by atoms with E-state index in [9.17, 15) is 4.79 Å². The Bertz CT molecular complexity index is 1000. The van der Waals surface area contributed by atoms with Gasteiger partial charge < -0.3 is 20.4 Å². The van der Waals surface area contributed by atoms with E-state index in [1.54, 1.807) is 0 Å². The lowest BCUT2D eigenvalue weighted by atomic mass is 10.1. The molecule has 0 fully saturated rings. The van der Waals surface area contributed by atoms with Crippen molar-refractivity contribution in [3.8, 4) is 0 Å². The Morgan fingerprint density at radius 2 is 1.97 bits per heavy atom. The first-order valence-corrected chi connectivity index (χ1v) is 10.3. The molecular formula is C22H31N5O2. The largest absolute Gasteiger partial charge is 0.449 e. The number of nitrogens with zero attached hydrogens (tertiary/aromatic N) is 3. The number of imidazole rings is 1. The van der Waals surface area contributed by atoms with Crippen LogP contribution < -0.4 is 11.1 Å². The maximum atomic E-state index is 11.9. The number of nitrogen functional groups attached to an aromatic ring is 1. The molecule has 3 rings (SSSR count). The van der Waals surface area contributed by atoms with Crippen molar-refractivity contribution in [1.82, 2.24) is 19.9 Å². The third kappa shape index (κ3) is 4.96. The molecule has 1 amide bonds. The predicted octanol–water partition coefficient (Wildman–Crippen LogP) is 4.42. The van der Waals surface area contributed by atoms with Gasteiger partial charge in [0.05, 0.1) is 17.6 Å². The Labute approximate surface area is 171 Å². The van der Waals surface area contributed by atoms with Crippen LogP contribution in [0.5, 0.6) is 0 Å². The second kappa shape index (κ2) is 8.68. The first-order valence-electron chi connectivity index (χ1n) is 10.3. The summed E-state index contributed by atoms with van der Waals surface area (Å²) in [6.07, 6.45) is 3.33. The Kier molecular flexibility index (Phi) is 6.25. The zero-order chi connectivity index (χ0) is 21.0. The van der Waals surface area contributed by atoms with Crippen molar-refractivity contribution >= 4 is 33.8 Å². The number of aromatic nitrogens is 3. The summed E-state index contributed by atoms with van der Waals surface area (Å²) in [7, 11) is 0. The lowest BCUT2D eigenvalue weighted by Gasteiger charge is -2.20. The number of hydrogen-bond donors (Lipinski definition) is 2. The lowest BCUT2D eigenvalue weighted by Crippen LogP contribution is -2.41. The molecule has 1 aromatic carbocycles. The number of hydrogen-bond acceptors (Lipinski definition) is 5. The number of anilines is 1. The molecule has 0 saturated carbocycles. The summed E-state index contributed by atoms with van der Waals surface area (Å²) in [5.41, 5.74) is 8.54. The molecule has 7 nitrogen and oxygen atoms in total. The zero-order valence-electron chi connectivity index (χ0n) is 17.8. The third-order valence-electron chi connectivity index (χ3n) is 4.68. The standard InChI is InChI=1S/C22H31N5O2/c1-5-6-12-17-25-18-19(15-10-7-8-11-16(15)24-20(18)23)27(17)13-9-14-29-21(28)26-22(2,3)4/h7-8,10-11H,5-6,9,12-14H2,1-4H3,(H2,23,24)(H,26,28). The minimum absolute atomic E-state index is 0.311. The number of ether oxygens (including phenoxy) is 1. The van der Waals surface area contributed by atoms with Crippen LogP contribution in [-0.2, 0) is 17.7 Å². The first kappa shape index (κ1) is 20.9. The summed E-state index contributed by atoms with van der Waals surface area (Å²) in [5.74, 6) is 1.46. The van der Waals surface area contributed by atoms with Crippen molar-refractivity contribution in [2.24, 2.45) is 0 Å². The number of fused-ring (bicyclic) bond motifs is 3. The van der Waals surface area contributed by atoms with Gasteiger partial charge in [0.2, 0.25) is 0 Å². The average Bonchev–Trinajstić information content (AvgIpc) is 3.01. The fourth-order valence-corrected chi connectivity index (χ4v) is 3.40. The van der Waals surface area contributed by atoms with E-state index in [-0.39, 0.29) is 5.54 Å². The molecule has 0 spiro atoms. The number of rotatable bonds is 7. The second-order valence-electron chi connectivity index (χ2n) is 8.36. The highest BCUT2D eigenvalue weighted by Crippen LogP contribution is 2.29. The number of amides is 1. The van der Waals surface area contributed by atoms with E-state index < -0.39 is 6.09 Å². The van der Waals surface area contributed by atoms with Gasteiger partial charge in [-0.25, -0.2) is 14.8 Å². The topological polar surface area (TPSA) is 95.1 Å². The Balaban J connectivity index is 1.85. The number of carbonyl (C=O) groups is 1. The van der Waals surface area contributed by atoms with Gasteiger partial charge in [0.25, 0.3) is 0 Å². The molecule has 2 aromatic heterocycles. The van der Waals surface area contributed by atoms with Crippen LogP contribution in [0.15, 0.2) is 24.3 Å². The van der Waals surface area contributed by atoms with Gasteiger partial charge in [0.1, 0.15) is 11.3 Å². The maximum absolute atomic E-state index is 11.9. The van der Waals surface area contributed by atoms with Crippen LogP contribution in [-0.4, -0.2) is 32.8 Å². The summed E-state index contributed by atoms with van der Waals surface area (Å²) in [6, 6.07) is 7.98. The highest BCUT2D eigenvalue weighted by atomic mass is 16.5.